The quantitative estimate of drug-likeness (QED) is 0.497. The van der Waals surface area contributed by atoms with E-state index in [0.29, 0.717) is 4.31 Å². The average molecular weight is 342 g/mol. The Morgan fingerprint density at radius 1 is 1.35 bits per heavy atom. The van der Waals surface area contributed by atoms with E-state index in [2.05, 4.69) is 20.7 Å². The zero-order valence-corrected chi connectivity index (χ0v) is 11.7. The van der Waals surface area contributed by atoms with E-state index in [1.54, 1.807) is 0 Å². The lowest BCUT2D eigenvalue weighted by Crippen LogP contribution is -2.41. The standard InChI is InChI=1S/C8H15BrF3NO3S/c1-16-5-2-6-17(14,15)13(4-3-9)7-8(10,11)12/h2-7H2,1H3. The van der Waals surface area contributed by atoms with Crippen LogP contribution in [0.1, 0.15) is 6.42 Å². The molecule has 0 aromatic carbocycles. The first-order chi connectivity index (χ1) is 7.73. The predicted octanol–water partition coefficient (Wildman–Crippen LogP) is 1.61. The molecule has 0 aliphatic rings. The van der Waals surface area contributed by atoms with E-state index in [-0.39, 0.29) is 30.7 Å². The van der Waals surface area contributed by atoms with E-state index in [1.165, 1.54) is 7.11 Å². The summed E-state index contributed by atoms with van der Waals surface area (Å²) >= 11 is 2.93. The largest absolute Gasteiger partial charge is 0.402 e. The molecule has 0 rings (SSSR count). The zero-order valence-electron chi connectivity index (χ0n) is 9.33. The third kappa shape index (κ3) is 7.96. The maximum atomic E-state index is 12.2. The molecule has 9 heteroatoms. The van der Waals surface area contributed by atoms with Crippen molar-refractivity contribution >= 4 is 26.0 Å². The summed E-state index contributed by atoms with van der Waals surface area (Å²) < 4.78 is 65.0. The van der Waals surface area contributed by atoms with Crippen LogP contribution in [0.25, 0.3) is 0 Å². The molecule has 104 valence electrons. The van der Waals surface area contributed by atoms with Crippen molar-refractivity contribution in [2.45, 2.75) is 12.6 Å². The van der Waals surface area contributed by atoms with Crippen LogP contribution in [0.15, 0.2) is 0 Å². The van der Waals surface area contributed by atoms with E-state index in [0.717, 1.165) is 0 Å². The van der Waals surface area contributed by atoms with Gasteiger partial charge in [-0.15, -0.1) is 0 Å². The van der Waals surface area contributed by atoms with Crippen molar-refractivity contribution in [3.05, 3.63) is 0 Å². The van der Waals surface area contributed by atoms with Gasteiger partial charge in [0.25, 0.3) is 0 Å². The number of hydrogen-bond donors (Lipinski definition) is 0. The van der Waals surface area contributed by atoms with Crippen molar-refractivity contribution in [1.29, 1.82) is 0 Å². The minimum atomic E-state index is -4.53. The fourth-order valence-corrected chi connectivity index (χ4v) is 3.24. The molecule has 0 aromatic heterocycles. The van der Waals surface area contributed by atoms with E-state index in [1.807, 2.05) is 0 Å². The van der Waals surface area contributed by atoms with Crippen molar-refractivity contribution in [3.63, 3.8) is 0 Å². The summed E-state index contributed by atoms with van der Waals surface area (Å²) in [7, 11) is -2.49. The van der Waals surface area contributed by atoms with Crippen molar-refractivity contribution in [2.24, 2.45) is 0 Å². The molecule has 0 saturated carbocycles. The van der Waals surface area contributed by atoms with Crippen molar-refractivity contribution < 1.29 is 26.3 Å². The van der Waals surface area contributed by atoms with Gasteiger partial charge in [0.05, 0.1) is 5.75 Å². The number of halogens is 4. The first-order valence-corrected chi connectivity index (χ1v) is 7.55. The van der Waals surface area contributed by atoms with Crippen LogP contribution in [-0.4, -0.2) is 56.8 Å². The summed E-state index contributed by atoms with van der Waals surface area (Å²) in [5, 5.41) is 0.159. The Morgan fingerprint density at radius 3 is 2.35 bits per heavy atom. The molecule has 0 fully saturated rings. The number of hydrogen-bond acceptors (Lipinski definition) is 3. The van der Waals surface area contributed by atoms with E-state index in [4.69, 9.17) is 0 Å². The second kappa shape index (κ2) is 7.55. The number of nitrogens with zero attached hydrogens (tertiary/aromatic N) is 1. The molecular weight excluding hydrogens is 327 g/mol. The maximum Gasteiger partial charge on any atom is 0.402 e. The third-order valence-corrected chi connectivity index (χ3v) is 4.09. The average Bonchev–Trinajstić information content (AvgIpc) is 2.15. The Hall–Kier alpha value is 0.140. The van der Waals surface area contributed by atoms with Crippen LogP contribution in [0.4, 0.5) is 13.2 Å². The molecule has 17 heavy (non-hydrogen) atoms. The van der Waals surface area contributed by atoms with Crippen LogP contribution in [0.5, 0.6) is 0 Å². The molecule has 0 unspecified atom stereocenters. The van der Waals surface area contributed by atoms with Gasteiger partial charge < -0.3 is 4.74 Å². The van der Waals surface area contributed by atoms with E-state index in [9.17, 15) is 21.6 Å². The molecule has 0 saturated heterocycles. The highest BCUT2D eigenvalue weighted by atomic mass is 79.9. The molecule has 0 amide bonds. The topological polar surface area (TPSA) is 46.6 Å². The minimum Gasteiger partial charge on any atom is -0.385 e. The van der Waals surface area contributed by atoms with Crippen LogP contribution in [0.3, 0.4) is 0 Å². The molecule has 0 aliphatic carbocycles. The van der Waals surface area contributed by atoms with Crippen LogP contribution in [0.2, 0.25) is 0 Å². The molecule has 0 aromatic rings. The zero-order chi connectivity index (χ0) is 13.5. The fourth-order valence-electron chi connectivity index (χ4n) is 1.13. The first-order valence-electron chi connectivity index (χ1n) is 4.82. The number of sulfonamides is 1. The normalized spacial score (nSPS) is 13.3. The van der Waals surface area contributed by atoms with Crippen molar-refractivity contribution in [2.75, 3.05) is 37.9 Å². The summed E-state index contributed by atoms with van der Waals surface area (Å²) in [5.41, 5.74) is 0. The van der Waals surface area contributed by atoms with Gasteiger partial charge in [0.15, 0.2) is 0 Å². The monoisotopic (exact) mass is 341 g/mol. The van der Waals surface area contributed by atoms with Gasteiger partial charge in [-0.25, -0.2) is 8.42 Å². The molecule has 0 bridgehead atoms. The highest BCUT2D eigenvalue weighted by molar-refractivity contribution is 9.09. The molecule has 0 aliphatic heterocycles. The fraction of sp³-hybridized carbons (Fsp3) is 1.00. The van der Waals surface area contributed by atoms with Gasteiger partial charge in [0.1, 0.15) is 6.54 Å². The van der Waals surface area contributed by atoms with Gasteiger partial charge in [0, 0.05) is 25.6 Å². The molecule has 0 heterocycles. The molecule has 0 N–H and O–H groups in total. The molecule has 0 atom stereocenters. The summed E-state index contributed by atoms with van der Waals surface area (Å²) in [6.07, 6.45) is -4.36. The molecular formula is C8H15BrF3NO3S. The second-order valence-electron chi connectivity index (χ2n) is 3.30. The maximum absolute atomic E-state index is 12.2. The third-order valence-electron chi connectivity index (χ3n) is 1.83. The van der Waals surface area contributed by atoms with Crippen LogP contribution >= 0.6 is 15.9 Å². The summed E-state index contributed by atoms with van der Waals surface area (Å²) in [4.78, 5) is 0. The van der Waals surface area contributed by atoms with Gasteiger partial charge in [-0.1, -0.05) is 15.9 Å². The number of rotatable bonds is 8. The van der Waals surface area contributed by atoms with Crippen LogP contribution in [0, 0.1) is 0 Å². The van der Waals surface area contributed by atoms with Crippen molar-refractivity contribution in [1.82, 2.24) is 4.31 Å². The van der Waals surface area contributed by atoms with Crippen molar-refractivity contribution in [3.8, 4) is 0 Å². The predicted molar refractivity (Wildman–Crippen MR) is 61.7 cm³/mol. The smallest absolute Gasteiger partial charge is 0.385 e. The van der Waals surface area contributed by atoms with Gasteiger partial charge in [-0.3, -0.25) is 0 Å². The molecule has 0 spiro atoms. The van der Waals surface area contributed by atoms with Gasteiger partial charge in [0.2, 0.25) is 10.0 Å². The molecule has 0 radical (unpaired) electrons. The Balaban J connectivity index is 4.56. The van der Waals surface area contributed by atoms with Gasteiger partial charge >= 0.3 is 6.18 Å². The lowest BCUT2D eigenvalue weighted by molar-refractivity contribution is -0.135. The highest BCUT2D eigenvalue weighted by Crippen LogP contribution is 2.19. The lowest BCUT2D eigenvalue weighted by atomic mass is 10.5. The highest BCUT2D eigenvalue weighted by Gasteiger charge is 2.35. The van der Waals surface area contributed by atoms with E-state index >= 15 is 0 Å². The van der Waals surface area contributed by atoms with Crippen LogP contribution in [-0.2, 0) is 14.8 Å². The second-order valence-corrected chi connectivity index (χ2v) is 6.18. The summed E-state index contributed by atoms with van der Waals surface area (Å²) in [5.74, 6) is -0.343. The van der Waals surface area contributed by atoms with E-state index < -0.39 is 22.7 Å². The Bertz CT molecular complexity index is 308. The number of methoxy groups -OCH3 is 1. The minimum absolute atomic E-state index is 0.159. The van der Waals surface area contributed by atoms with Gasteiger partial charge in [-0.05, 0) is 6.42 Å². The molecule has 4 nitrogen and oxygen atoms in total. The Kier molecular flexibility index (Phi) is 7.61. The Morgan fingerprint density at radius 2 is 1.94 bits per heavy atom. The SMILES string of the molecule is COCCCS(=O)(=O)N(CCBr)CC(F)(F)F. The summed E-state index contributed by atoms with van der Waals surface area (Å²) in [6, 6.07) is 0. The van der Waals surface area contributed by atoms with Crippen LogP contribution < -0.4 is 0 Å². The summed E-state index contributed by atoms with van der Waals surface area (Å²) in [6.45, 7) is -1.45. The number of ether oxygens (including phenoxy) is 1. The lowest BCUT2D eigenvalue weighted by Gasteiger charge is -2.22. The number of alkyl halides is 4. The first kappa shape index (κ1) is 17.1. The Labute approximate surface area is 107 Å². The van der Waals surface area contributed by atoms with Gasteiger partial charge in [-0.2, -0.15) is 17.5 Å².